The maximum absolute atomic E-state index is 13.0. The number of aromatic amines is 1. The van der Waals surface area contributed by atoms with Crippen LogP contribution < -0.4 is 15.5 Å². The number of fused-ring (bicyclic) bond motifs is 3. The zero-order chi connectivity index (χ0) is 42.2. The molecule has 296 valence electrons. The van der Waals surface area contributed by atoms with Gasteiger partial charge in [-0.1, -0.05) is 88.9 Å². The fourth-order valence-corrected chi connectivity index (χ4v) is 7.85. The number of rotatable bonds is 6. The van der Waals surface area contributed by atoms with Gasteiger partial charge in [-0.05, 0) is 109 Å². The monoisotopic (exact) mass is 870 g/mol. The number of nitrogens with zero attached hydrogens (tertiary/aromatic N) is 3. The number of aromatic nitrogens is 3. The number of amides is 4. The highest BCUT2D eigenvalue weighted by atomic mass is 35.5. The van der Waals surface area contributed by atoms with Crippen LogP contribution in [0.1, 0.15) is 52.6 Å². The van der Waals surface area contributed by atoms with Crippen molar-refractivity contribution in [3.63, 3.8) is 0 Å². The largest absolute Gasteiger partial charge is 0.338 e. The third kappa shape index (κ3) is 7.81. The van der Waals surface area contributed by atoms with Crippen LogP contribution in [0.15, 0.2) is 128 Å². The van der Waals surface area contributed by atoms with Crippen molar-refractivity contribution in [3.8, 4) is 11.4 Å². The quantitative estimate of drug-likeness (QED) is 0.142. The standard InChI is InChI=1S/C23H14Cl2N4O.C23H16Cl2N2O3/c24-16-6-3-7-17(25)20(16)22-27-18-9-8-14(12-19(18)28-22)23(30)29-21-15-5-2-1-4-13(15)10-11-26-21;1-12-6-8-15(10-13(12)2)26-21(28)14-7-9-16-17(11-14)23(30)27(22(16)29)20-18(24)4-3-5-19(20)25/h1-12H,(H,27,28)(H,26,29,30);3-11H,1-2H3,(H,26,28). The fourth-order valence-electron chi connectivity index (χ4n) is 6.70. The second-order valence-electron chi connectivity index (χ2n) is 13.8. The molecule has 3 N–H and O–H groups in total. The Balaban J connectivity index is 0.000000166. The van der Waals surface area contributed by atoms with E-state index in [0.29, 0.717) is 49.5 Å². The summed E-state index contributed by atoms with van der Waals surface area (Å²) < 4.78 is 0. The van der Waals surface area contributed by atoms with E-state index in [0.717, 1.165) is 26.8 Å². The minimum atomic E-state index is -0.578. The summed E-state index contributed by atoms with van der Waals surface area (Å²) in [6.45, 7) is 3.94. The van der Waals surface area contributed by atoms with Gasteiger partial charge in [0.2, 0.25) is 0 Å². The summed E-state index contributed by atoms with van der Waals surface area (Å²) in [5, 5.41) is 8.97. The maximum Gasteiger partial charge on any atom is 0.266 e. The number of imide groups is 1. The predicted molar refractivity (Wildman–Crippen MR) is 239 cm³/mol. The average molecular weight is 873 g/mol. The number of anilines is 3. The molecule has 9 rings (SSSR count). The van der Waals surface area contributed by atoms with Crippen LogP contribution in [0.25, 0.3) is 33.2 Å². The number of halogens is 4. The van der Waals surface area contributed by atoms with Crippen LogP contribution >= 0.6 is 46.4 Å². The van der Waals surface area contributed by atoms with Gasteiger partial charge in [0, 0.05) is 28.4 Å². The van der Waals surface area contributed by atoms with Crippen LogP contribution in [0, 0.1) is 13.8 Å². The third-order valence-corrected chi connectivity index (χ3v) is 11.2. The maximum atomic E-state index is 13.0. The van der Waals surface area contributed by atoms with Crippen molar-refractivity contribution in [2.75, 3.05) is 15.5 Å². The minimum Gasteiger partial charge on any atom is -0.338 e. The lowest BCUT2D eigenvalue weighted by Gasteiger charge is -2.16. The van der Waals surface area contributed by atoms with Gasteiger partial charge in [0.05, 0.1) is 53.5 Å². The molecule has 14 heteroatoms. The Labute approximate surface area is 363 Å². The Morgan fingerprint density at radius 2 is 1.28 bits per heavy atom. The van der Waals surface area contributed by atoms with E-state index in [1.54, 1.807) is 60.8 Å². The summed E-state index contributed by atoms with van der Waals surface area (Å²) in [7, 11) is 0. The van der Waals surface area contributed by atoms with Crippen LogP contribution in [-0.4, -0.2) is 38.6 Å². The summed E-state index contributed by atoms with van der Waals surface area (Å²) in [5.74, 6) is -0.680. The van der Waals surface area contributed by atoms with Crippen LogP contribution in [-0.2, 0) is 0 Å². The van der Waals surface area contributed by atoms with E-state index in [4.69, 9.17) is 46.4 Å². The Kier molecular flexibility index (Phi) is 11.1. The summed E-state index contributed by atoms with van der Waals surface area (Å²) in [4.78, 5) is 64.4. The number of hydrogen-bond donors (Lipinski definition) is 3. The summed E-state index contributed by atoms with van der Waals surface area (Å²) in [5.41, 5.74) is 6.06. The lowest BCUT2D eigenvalue weighted by atomic mass is 10.0. The number of aryl methyl sites for hydroxylation is 2. The first kappa shape index (κ1) is 40.2. The van der Waals surface area contributed by atoms with Gasteiger partial charge in [0.15, 0.2) is 0 Å². The van der Waals surface area contributed by atoms with Gasteiger partial charge in [-0.25, -0.2) is 14.9 Å². The molecule has 0 unspecified atom stereocenters. The van der Waals surface area contributed by atoms with Crippen molar-refractivity contribution in [1.29, 1.82) is 0 Å². The predicted octanol–water partition coefficient (Wildman–Crippen LogP) is 12.0. The van der Waals surface area contributed by atoms with Gasteiger partial charge in [-0.15, -0.1) is 0 Å². The van der Waals surface area contributed by atoms with Gasteiger partial charge in [-0.2, -0.15) is 0 Å². The minimum absolute atomic E-state index is 0.128. The SMILES string of the molecule is Cc1ccc(NC(=O)c2ccc3c(c2)C(=O)N(c2c(Cl)cccc2Cl)C3=O)cc1C.O=C(Nc1nccc2ccccc12)c1ccc2nc(-c3c(Cl)cccc3Cl)[nH]c2c1. The first-order valence-corrected chi connectivity index (χ1v) is 19.8. The van der Waals surface area contributed by atoms with Crippen LogP contribution in [0.2, 0.25) is 20.1 Å². The lowest BCUT2D eigenvalue weighted by molar-refractivity contribution is 0.0924. The molecule has 0 spiro atoms. The van der Waals surface area contributed by atoms with Gasteiger partial charge < -0.3 is 15.6 Å². The van der Waals surface area contributed by atoms with Crippen molar-refractivity contribution in [2.45, 2.75) is 13.8 Å². The molecule has 6 aromatic carbocycles. The highest BCUT2D eigenvalue weighted by Crippen LogP contribution is 2.39. The molecule has 0 saturated heterocycles. The van der Waals surface area contributed by atoms with Gasteiger partial charge in [0.25, 0.3) is 23.6 Å². The Morgan fingerprint density at radius 3 is 2.02 bits per heavy atom. The zero-order valence-corrected chi connectivity index (χ0v) is 34.6. The van der Waals surface area contributed by atoms with Crippen molar-refractivity contribution >= 4 is 109 Å². The number of para-hydroxylation sites is 1. The number of imidazole rings is 1. The van der Waals surface area contributed by atoms with E-state index in [1.165, 1.54) is 18.2 Å². The van der Waals surface area contributed by atoms with Crippen molar-refractivity contribution in [3.05, 3.63) is 181 Å². The second kappa shape index (κ2) is 16.6. The number of H-pyrrole nitrogens is 1. The number of hydrogen-bond acceptors (Lipinski definition) is 6. The topological polar surface area (TPSA) is 137 Å². The Hall–Kier alpha value is -6.56. The first-order chi connectivity index (χ1) is 28.9. The van der Waals surface area contributed by atoms with E-state index < -0.39 is 11.8 Å². The smallest absolute Gasteiger partial charge is 0.266 e. The molecule has 0 bridgehead atoms. The van der Waals surface area contributed by atoms with Crippen LogP contribution in [0.4, 0.5) is 17.2 Å². The fraction of sp³-hybridized carbons (Fsp3) is 0.0435. The molecular weight excluding hydrogens is 842 g/mol. The number of nitrogens with one attached hydrogen (secondary N) is 3. The molecule has 8 aromatic rings. The highest BCUT2D eigenvalue weighted by Gasteiger charge is 2.39. The number of carbonyl (C=O) groups is 4. The molecule has 0 atom stereocenters. The molecular formula is C46H30Cl4N6O4. The van der Waals surface area contributed by atoms with Crippen LogP contribution in [0.3, 0.4) is 0 Å². The molecule has 0 fully saturated rings. The Morgan fingerprint density at radius 1 is 0.633 bits per heavy atom. The lowest BCUT2D eigenvalue weighted by Crippen LogP contribution is -2.29. The second-order valence-corrected chi connectivity index (χ2v) is 15.4. The van der Waals surface area contributed by atoms with E-state index >= 15 is 0 Å². The average Bonchev–Trinajstić information content (AvgIpc) is 3.76. The summed E-state index contributed by atoms with van der Waals surface area (Å²) >= 11 is 25.0. The van der Waals surface area contributed by atoms with Crippen LogP contribution in [0.5, 0.6) is 0 Å². The van der Waals surface area contributed by atoms with E-state index in [9.17, 15) is 19.2 Å². The number of benzene rings is 6. The van der Waals surface area contributed by atoms with Gasteiger partial charge in [0.1, 0.15) is 11.6 Å². The van der Waals surface area contributed by atoms with Gasteiger partial charge >= 0.3 is 0 Å². The summed E-state index contributed by atoms with van der Waals surface area (Å²) in [6.07, 6.45) is 1.68. The number of pyridine rings is 1. The molecule has 0 radical (unpaired) electrons. The molecule has 4 amide bonds. The molecule has 10 nitrogen and oxygen atoms in total. The molecule has 60 heavy (non-hydrogen) atoms. The van der Waals surface area contributed by atoms with Gasteiger partial charge in [-0.3, -0.25) is 19.2 Å². The van der Waals surface area contributed by atoms with Crippen molar-refractivity contribution in [2.24, 2.45) is 0 Å². The Bertz CT molecular complexity index is 3030. The molecule has 1 aliphatic heterocycles. The third-order valence-electron chi connectivity index (χ3n) is 9.92. The van der Waals surface area contributed by atoms with Crippen molar-refractivity contribution in [1.82, 2.24) is 15.0 Å². The normalized spacial score (nSPS) is 12.0. The number of carbonyl (C=O) groups excluding carboxylic acids is 4. The molecule has 0 aliphatic carbocycles. The zero-order valence-electron chi connectivity index (χ0n) is 31.6. The van der Waals surface area contributed by atoms with E-state index in [1.807, 2.05) is 62.4 Å². The molecule has 1 aliphatic rings. The first-order valence-electron chi connectivity index (χ1n) is 18.3. The molecule has 0 saturated carbocycles. The van der Waals surface area contributed by atoms with Crippen molar-refractivity contribution < 1.29 is 19.2 Å². The summed E-state index contributed by atoms with van der Waals surface area (Å²) in [6, 6.07) is 34.9. The van der Waals surface area contributed by atoms with E-state index in [2.05, 4.69) is 25.6 Å². The molecule has 3 heterocycles. The molecule has 2 aromatic heterocycles. The van der Waals surface area contributed by atoms with E-state index in [-0.39, 0.29) is 44.2 Å². The highest BCUT2D eigenvalue weighted by molar-refractivity contribution is 6.45.